The number of carboxylic acid groups (broad SMARTS) is 1. The van der Waals surface area contributed by atoms with Crippen molar-refractivity contribution in [3.05, 3.63) is 99.3 Å². The number of carbonyl (C=O) groups excluding carboxylic acids is 1. The zero-order valence-electron chi connectivity index (χ0n) is 17.7. The first-order valence-corrected chi connectivity index (χ1v) is 9.94. The van der Waals surface area contributed by atoms with Crippen LogP contribution in [0.4, 0.5) is 14.5 Å². The van der Waals surface area contributed by atoms with Crippen LogP contribution >= 0.6 is 0 Å². The Hall–Kier alpha value is -4.60. The minimum atomic E-state index is -1.13. The highest BCUT2D eigenvalue weighted by atomic mass is 19.1. The Morgan fingerprint density at radius 2 is 1.74 bits per heavy atom. The zero-order chi connectivity index (χ0) is 24.4. The van der Waals surface area contributed by atoms with Gasteiger partial charge in [0.25, 0.3) is 5.91 Å². The smallest absolute Gasteiger partial charge is 0.335 e. The molecule has 8 nitrogen and oxygen atoms in total. The Labute approximate surface area is 191 Å². The van der Waals surface area contributed by atoms with E-state index in [0.29, 0.717) is 0 Å². The number of anilines is 1. The lowest BCUT2D eigenvalue weighted by Crippen LogP contribution is -2.25. The normalized spacial score (nSPS) is 10.8. The van der Waals surface area contributed by atoms with Gasteiger partial charge in [0, 0.05) is 23.5 Å². The number of methoxy groups -OCH3 is 1. The molecule has 2 aromatic heterocycles. The molecule has 0 aliphatic heterocycles. The lowest BCUT2D eigenvalue weighted by atomic mass is 10.1. The van der Waals surface area contributed by atoms with Crippen molar-refractivity contribution in [1.82, 2.24) is 9.55 Å². The molecule has 172 valence electrons. The topological polar surface area (TPSA) is 111 Å². The number of hydrogen-bond donors (Lipinski definition) is 2. The lowest BCUT2D eigenvalue weighted by molar-refractivity contribution is 0.0696. The van der Waals surface area contributed by atoms with Gasteiger partial charge in [-0.25, -0.2) is 18.6 Å². The third-order valence-electron chi connectivity index (χ3n) is 5.14. The second kappa shape index (κ2) is 9.10. The van der Waals surface area contributed by atoms with Crippen LogP contribution in [-0.4, -0.2) is 33.6 Å². The summed E-state index contributed by atoms with van der Waals surface area (Å²) in [7, 11) is 1.36. The van der Waals surface area contributed by atoms with E-state index in [2.05, 4.69) is 10.3 Å². The number of carboxylic acids is 1. The first kappa shape index (κ1) is 22.6. The molecule has 34 heavy (non-hydrogen) atoms. The average Bonchev–Trinajstić information content (AvgIpc) is 2.82. The van der Waals surface area contributed by atoms with Crippen LogP contribution in [0, 0.1) is 11.6 Å². The third kappa shape index (κ3) is 4.33. The quantitative estimate of drug-likeness (QED) is 0.450. The highest BCUT2D eigenvalue weighted by Gasteiger charge is 2.19. The van der Waals surface area contributed by atoms with Crippen LogP contribution < -0.4 is 15.5 Å². The second-order valence-corrected chi connectivity index (χ2v) is 7.26. The van der Waals surface area contributed by atoms with E-state index in [9.17, 15) is 23.2 Å². The lowest BCUT2D eigenvalue weighted by Gasteiger charge is -2.15. The van der Waals surface area contributed by atoms with Crippen molar-refractivity contribution in [2.24, 2.45) is 0 Å². The molecule has 0 aliphatic rings. The number of nitrogens with one attached hydrogen (secondary N) is 1. The molecule has 0 spiro atoms. The Balaban J connectivity index is 1.81. The Kier molecular flexibility index (Phi) is 6.05. The van der Waals surface area contributed by atoms with E-state index in [-0.39, 0.29) is 45.8 Å². The van der Waals surface area contributed by atoms with Crippen LogP contribution in [0.15, 0.2) is 65.6 Å². The molecule has 0 aliphatic carbocycles. The summed E-state index contributed by atoms with van der Waals surface area (Å²) >= 11 is 0. The molecule has 0 atom stereocenters. The molecule has 2 N–H and O–H groups in total. The van der Waals surface area contributed by atoms with Gasteiger partial charge in [0.2, 0.25) is 11.3 Å². The van der Waals surface area contributed by atoms with E-state index in [1.165, 1.54) is 60.3 Å². The number of benzene rings is 2. The molecule has 10 heteroatoms. The number of carbonyl (C=O) groups is 2. The van der Waals surface area contributed by atoms with Crippen molar-refractivity contribution >= 4 is 28.6 Å². The van der Waals surface area contributed by atoms with Crippen LogP contribution in [0.5, 0.6) is 5.88 Å². The number of halogens is 2. The van der Waals surface area contributed by atoms with Gasteiger partial charge in [0.05, 0.1) is 24.7 Å². The van der Waals surface area contributed by atoms with Gasteiger partial charge in [0.15, 0.2) is 0 Å². The van der Waals surface area contributed by atoms with Gasteiger partial charge < -0.3 is 19.7 Å². The molecular formula is C24H17F2N3O5. The molecule has 0 radical (unpaired) electrons. The number of fused-ring (bicyclic) bond motifs is 1. The van der Waals surface area contributed by atoms with Gasteiger partial charge >= 0.3 is 5.97 Å². The molecular weight excluding hydrogens is 448 g/mol. The summed E-state index contributed by atoms with van der Waals surface area (Å²) in [6.07, 6.45) is 1.20. The molecule has 0 saturated heterocycles. The van der Waals surface area contributed by atoms with Gasteiger partial charge in [-0.05, 0) is 42.5 Å². The number of amides is 1. The van der Waals surface area contributed by atoms with Crippen molar-refractivity contribution in [3.8, 4) is 5.88 Å². The van der Waals surface area contributed by atoms with Crippen molar-refractivity contribution in [3.63, 3.8) is 0 Å². The maximum Gasteiger partial charge on any atom is 0.335 e. The molecule has 1 amide bonds. The first-order chi connectivity index (χ1) is 16.3. The summed E-state index contributed by atoms with van der Waals surface area (Å²) in [5.74, 6) is -3.37. The summed E-state index contributed by atoms with van der Waals surface area (Å²) < 4.78 is 35.0. The largest absolute Gasteiger partial charge is 0.481 e. The number of hydrogen-bond acceptors (Lipinski definition) is 5. The van der Waals surface area contributed by atoms with E-state index in [1.54, 1.807) is 0 Å². The van der Waals surface area contributed by atoms with E-state index in [4.69, 9.17) is 9.84 Å². The van der Waals surface area contributed by atoms with Gasteiger partial charge in [-0.2, -0.15) is 0 Å². The van der Waals surface area contributed by atoms with Crippen LogP contribution in [0.3, 0.4) is 0 Å². The van der Waals surface area contributed by atoms with Crippen LogP contribution in [0.1, 0.15) is 26.3 Å². The Morgan fingerprint density at radius 3 is 2.35 bits per heavy atom. The van der Waals surface area contributed by atoms with E-state index >= 15 is 0 Å². The predicted molar refractivity (Wildman–Crippen MR) is 119 cm³/mol. The summed E-state index contributed by atoms with van der Waals surface area (Å²) in [6.45, 7) is -0.309. The number of aromatic nitrogens is 2. The first-order valence-electron chi connectivity index (χ1n) is 9.94. The molecule has 4 aromatic rings. The van der Waals surface area contributed by atoms with Crippen molar-refractivity contribution < 1.29 is 28.2 Å². The molecule has 2 aromatic carbocycles. The number of nitrogens with zero attached hydrogens (tertiary/aromatic N) is 2. The fraction of sp³-hybridized carbons (Fsp3) is 0.0833. The summed E-state index contributed by atoms with van der Waals surface area (Å²) in [4.78, 5) is 41.2. The summed E-state index contributed by atoms with van der Waals surface area (Å²) in [5.41, 5.74) is -0.889. The molecule has 0 saturated carbocycles. The van der Waals surface area contributed by atoms with E-state index < -0.39 is 28.9 Å². The maximum absolute atomic E-state index is 14.3. The third-order valence-corrected chi connectivity index (χ3v) is 5.14. The highest BCUT2D eigenvalue weighted by Crippen LogP contribution is 2.20. The predicted octanol–water partition coefficient (Wildman–Crippen LogP) is 3.68. The maximum atomic E-state index is 14.3. The number of ether oxygens (including phenoxy) is 1. The van der Waals surface area contributed by atoms with Crippen LogP contribution in [-0.2, 0) is 6.54 Å². The summed E-state index contributed by atoms with van der Waals surface area (Å²) in [5, 5.41) is 11.5. The number of aromatic carboxylic acids is 1. The average molecular weight is 465 g/mol. The van der Waals surface area contributed by atoms with E-state index in [0.717, 1.165) is 12.1 Å². The second-order valence-electron chi connectivity index (χ2n) is 7.26. The van der Waals surface area contributed by atoms with Gasteiger partial charge in [-0.15, -0.1) is 0 Å². The van der Waals surface area contributed by atoms with Crippen molar-refractivity contribution in [2.45, 2.75) is 6.54 Å². The zero-order valence-corrected chi connectivity index (χ0v) is 17.7. The standard InChI is InChI=1S/C24H17F2N3O5/c1-34-20-10-9-19-21(28-20)22(30)16(12-29(19)11-15-17(25)3-2-4-18(15)26)23(31)27-14-7-5-13(6-8-14)24(32)33/h2-10,12H,11H2,1H3,(H,27,31)(H,32,33). The van der Waals surface area contributed by atoms with Gasteiger partial charge in [-0.3, -0.25) is 9.59 Å². The Bertz CT molecular complexity index is 1460. The monoisotopic (exact) mass is 465 g/mol. The fourth-order valence-corrected chi connectivity index (χ4v) is 3.40. The molecule has 0 bridgehead atoms. The van der Waals surface area contributed by atoms with Crippen molar-refractivity contribution in [1.29, 1.82) is 0 Å². The molecule has 0 fully saturated rings. The van der Waals surface area contributed by atoms with Gasteiger partial charge in [-0.1, -0.05) is 6.07 Å². The minimum absolute atomic E-state index is 0.0225. The molecule has 4 rings (SSSR count). The van der Waals surface area contributed by atoms with Crippen molar-refractivity contribution in [2.75, 3.05) is 12.4 Å². The van der Waals surface area contributed by atoms with E-state index in [1.807, 2.05) is 0 Å². The molecule has 0 unspecified atom stereocenters. The fourth-order valence-electron chi connectivity index (χ4n) is 3.40. The highest BCUT2D eigenvalue weighted by molar-refractivity contribution is 6.05. The van der Waals surface area contributed by atoms with Gasteiger partial charge in [0.1, 0.15) is 22.7 Å². The Morgan fingerprint density at radius 1 is 1.06 bits per heavy atom. The van der Waals surface area contributed by atoms with Crippen LogP contribution in [0.25, 0.3) is 11.0 Å². The van der Waals surface area contributed by atoms with Crippen LogP contribution in [0.2, 0.25) is 0 Å². The summed E-state index contributed by atoms with van der Waals surface area (Å²) in [6, 6.07) is 11.8. The SMILES string of the molecule is COc1ccc2c(n1)c(=O)c(C(=O)Nc1ccc(C(=O)O)cc1)cn2Cc1c(F)cccc1F. The minimum Gasteiger partial charge on any atom is -0.481 e. The molecule has 2 heterocycles. The number of pyridine rings is 2. The number of rotatable bonds is 6.